The highest BCUT2D eigenvalue weighted by molar-refractivity contribution is 5.97. The lowest BCUT2D eigenvalue weighted by Crippen LogP contribution is -2.35. The molecule has 1 N–H and O–H groups in total. The van der Waals surface area contributed by atoms with E-state index in [-0.39, 0.29) is 11.8 Å². The number of carbonyl (C=O) groups excluding carboxylic acids is 2. The number of fused-ring (bicyclic) bond motifs is 1. The van der Waals surface area contributed by atoms with Gasteiger partial charge in [-0.15, -0.1) is 0 Å². The number of aryl methyl sites for hydroxylation is 2. The zero-order valence-corrected chi connectivity index (χ0v) is 14.5. The Morgan fingerprint density at radius 2 is 2.00 bits per heavy atom. The standard InChI is InChI=1S/C20H23N3O2/c1-2-13-23-18-6-5-17(14-16(18)4-8-20(23)25)22-19(24)7-3-15-9-11-21-12-10-15/h5-6,9-12,14H,2-4,7-8,13H2,1H3,(H,22,24). The topological polar surface area (TPSA) is 62.3 Å². The summed E-state index contributed by atoms with van der Waals surface area (Å²) in [6, 6.07) is 9.66. The molecule has 0 fully saturated rings. The van der Waals surface area contributed by atoms with Crippen molar-refractivity contribution in [2.45, 2.75) is 39.0 Å². The van der Waals surface area contributed by atoms with Gasteiger partial charge >= 0.3 is 0 Å². The Morgan fingerprint density at radius 3 is 2.76 bits per heavy atom. The van der Waals surface area contributed by atoms with Crippen molar-refractivity contribution in [1.29, 1.82) is 0 Å². The SMILES string of the molecule is CCCN1C(=O)CCc2cc(NC(=O)CCc3ccncc3)ccc21. The van der Waals surface area contributed by atoms with Crippen molar-refractivity contribution in [1.82, 2.24) is 4.98 Å². The van der Waals surface area contributed by atoms with Gasteiger partial charge in [0.1, 0.15) is 0 Å². The van der Waals surface area contributed by atoms with Crippen LogP contribution in [0.1, 0.15) is 37.3 Å². The van der Waals surface area contributed by atoms with Gasteiger partial charge in [0, 0.05) is 43.2 Å². The van der Waals surface area contributed by atoms with Crippen molar-refractivity contribution in [3.05, 3.63) is 53.9 Å². The lowest BCUT2D eigenvalue weighted by molar-refractivity contribution is -0.119. The van der Waals surface area contributed by atoms with Crippen LogP contribution in [0.4, 0.5) is 11.4 Å². The van der Waals surface area contributed by atoms with Crippen molar-refractivity contribution in [2.75, 3.05) is 16.8 Å². The van der Waals surface area contributed by atoms with Gasteiger partial charge in [0.15, 0.2) is 0 Å². The Hall–Kier alpha value is -2.69. The average Bonchev–Trinajstić information content (AvgIpc) is 2.63. The van der Waals surface area contributed by atoms with Crippen molar-refractivity contribution in [3.8, 4) is 0 Å². The van der Waals surface area contributed by atoms with Gasteiger partial charge < -0.3 is 10.2 Å². The number of amides is 2. The molecule has 5 nitrogen and oxygen atoms in total. The van der Waals surface area contributed by atoms with Gasteiger partial charge in [0.05, 0.1) is 0 Å². The highest BCUT2D eigenvalue weighted by Gasteiger charge is 2.23. The molecular formula is C20H23N3O2. The average molecular weight is 337 g/mol. The fourth-order valence-corrected chi connectivity index (χ4v) is 3.14. The van der Waals surface area contributed by atoms with E-state index < -0.39 is 0 Å². The minimum absolute atomic E-state index is 0.00550. The number of benzene rings is 1. The fourth-order valence-electron chi connectivity index (χ4n) is 3.14. The van der Waals surface area contributed by atoms with Crippen LogP contribution in [-0.4, -0.2) is 23.3 Å². The summed E-state index contributed by atoms with van der Waals surface area (Å²) in [5, 5.41) is 2.96. The molecule has 5 heteroatoms. The van der Waals surface area contributed by atoms with Crippen molar-refractivity contribution >= 4 is 23.2 Å². The van der Waals surface area contributed by atoms with E-state index in [0.717, 1.165) is 41.9 Å². The van der Waals surface area contributed by atoms with Crippen LogP contribution >= 0.6 is 0 Å². The van der Waals surface area contributed by atoms with E-state index in [0.29, 0.717) is 19.3 Å². The van der Waals surface area contributed by atoms with E-state index in [2.05, 4.69) is 17.2 Å². The number of carbonyl (C=O) groups is 2. The summed E-state index contributed by atoms with van der Waals surface area (Å²) in [7, 11) is 0. The predicted octanol–water partition coefficient (Wildman–Crippen LogP) is 3.34. The van der Waals surface area contributed by atoms with E-state index in [4.69, 9.17) is 0 Å². The van der Waals surface area contributed by atoms with Crippen LogP contribution < -0.4 is 10.2 Å². The third kappa shape index (κ3) is 4.24. The normalized spacial score (nSPS) is 13.5. The smallest absolute Gasteiger partial charge is 0.227 e. The molecule has 0 atom stereocenters. The highest BCUT2D eigenvalue weighted by Crippen LogP contribution is 2.30. The zero-order valence-electron chi connectivity index (χ0n) is 14.5. The summed E-state index contributed by atoms with van der Waals surface area (Å²) < 4.78 is 0. The minimum atomic E-state index is -0.00550. The van der Waals surface area contributed by atoms with Gasteiger partial charge in [-0.25, -0.2) is 0 Å². The first-order valence-corrected chi connectivity index (χ1v) is 8.79. The summed E-state index contributed by atoms with van der Waals surface area (Å²) in [4.78, 5) is 30.1. The molecule has 1 aliphatic heterocycles. The van der Waals surface area contributed by atoms with Crippen molar-refractivity contribution in [2.24, 2.45) is 0 Å². The molecule has 2 aromatic rings. The summed E-state index contributed by atoms with van der Waals surface area (Å²) in [6.07, 6.45) is 6.79. The molecule has 0 saturated heterocycles. The van der Waals surface area contributed by atoms with Crippen molar-refractivity contribution < 1.29 is 9.59 Å². The van der Waals surface area contributed by atoms with E-state index in [1.165, 1.54) is 0 Å². The Morgan fingerprint density at radius 1 is 1.20 bits per heavy atom. The van der Waals surface area contributed by atoms with Gasteiger partial charge in [-0.2, -0.15) is 0 Å². The van der Waals surface area contributed by atoms with Crippen LogP contribution in [0, 0.1) is 0 Å². The molecule has 0 aliphatic carbocycles. The molecule has 25 heavy (non-hydrogen) atoms. The van der Waals surface area contributed by atoms with Crippen LogP contribution in [0.2, 0.25) is 0 Å². The number of hydrogen-bond donors (Lipinski definition) is 1. The number of aromatic nitrogens is 1. The van der Waals surface area contributed by atoms with Gasteiger partial charge in [-0.05, 0) is 60.7 Å². The molecule has 0 saturated carbocycles. The minimum Gasteiger partial charge on any atom is -0.326 e. The first-order valence-electron chi connectivity index (χ1n) is 8.79. The van der Waals surface area contributed by atoms with E-state index in [1.807, 2.05) is 35.2 Å². The van der Waals surface area contributed by atoms with Gasteiger partial charge in [0.2, 0.25) is 11.8 Å². The van der Waals surface area contributed by atoms with Crippen LogP contribution in [-0.2, 0) is 22.4 Å². The Balaban J connectivity index is 1.64. The number of nitrogens with one attached hydrogen (secondary N) is 1. The second-order valence-electron chi connectivity index (χ2n) is 6.29. The molecule has 130 valence electrons. The summed E-state index contributed by atoms with van der Waals surface area (Å²) in [5.74, 6) is 0.178. The number of hydrogen-bond acceptors (Lipinski definition) is 3. The molecule has 1 aromatic heterocycles. The molecule has 2 amide bonds. The number of nitrogens with zero attached hydrogens (tertiary/aromatic N) is 2. The first kappa shape index (κ1) is 17.1. The van der Waals surface area contributed by atoms with Gasteiger partial charge in [-0.3, -0.25) is 14.6 Å². The third-order valence-electron chi connectivity index (χ3n) is 4.40. The molecule has 0 unspecified atom stereocenters. The highest BCUT2D eigenvalue weighted by atomic mass is 16.2. The van der Waals surface area contributed by atoms with E-state index in [9.17, 15) is 9.59 Å². The monoisotopic (exact) mass is 337 g/mol. The maximum atomic E-state index is 12.2. The van der Waals surface area contributed by atoms with Crippen molar-refractivity contribution in [3.63, 3.8) is 0 Å². The molecule has 0 bridgehead atoms. The maximum absolute atomic E-state index is 12.2. The third-order valence-corrected chi connectivity index (χ3v) is 4.40. The second kappa shape index (κ2) is 7.92. The largest absolute Gasteiger partial charge is 0.326 e. The molecule has 3 rings (SSSR count). The van der Waals surface area contributed by atoms with Crippen LogP contribution in [0.5, 0.6) is 0 Å². The lowest BCUT2D eigenvalue weighted by atomic mass is 10.00. The Kier molecular flexibility index (Phi) is 5.43. The molecule has 2 heterocycles. The van der Waals surface area contributed by atoms with Gasteiger partial charge in [0.25, 0.3) is 0 Å². The molecular weight excluding hydrogens is 314 g/mol. The van der Waals surface area contributed by atoms with Gasteiger partial charge in [-0.1, -0.05) is 6.92 Å². The number of pyridine rings is 1. The fraction of sp³-hybridized carbons (Fsp3) is 0.350. The molecule has 1 aliphatic rings. The Bertz CT molecular complexity index is 759. The quantitative estimate of drug-likeness (QED) is 0.879. The molecule has 1 aromatic carbocycles. The van der Waals surface area contributed by atoms with Crippen LogP contribution in [0.3, 0.4) is 0 Å². The Labute approximate surface area is 148 Å². The van der Waals surface area contributed by atoms with Crippen LogP contribution in [0.15, 0.2) is 42.7 Å². The molecule has 0 radical (unpaired) electrons. The second-order valence-corrected chi connectivity index (χ2v) is 6.29. The molecule has 0 spiro atoms. The summed E-state index contributed by atoms with van der Waals surface area (Å²) in [6.45, 7) is 2.81. The first-order chi connectivity index (χ1) is 12.2. The maximum Gasteiger partial charge on any atom is 0.227 e. The van der Waals surface area contributed by atoms with E-state index in [1.54, 1.807) is 12.4 Å². The number of anilines is 2. The lowest BCUT2D eigenvalue weighted by Gasteiger charge is -2.29. The van der Waals surface area contributed by atoms with E-state index >= 15 is 0 Å². The summed E-state index contributed by atoms with van der Waals surface area (Å²) >= 11 is 0. The summed E-state index contributed by atoms with van der Waals surface area (Å²) in [5.41, 5.74) is 4.00. The predicted molar refractivity (Wildman–Crippen MR) is 98.6 cm³/mol. The number of rotatable bonds is 6. The zero-order chi connectivity index (χ0) is 17.6. The van der Waals surface area contributed by atoms with Crippen LogP contribution in [0.25, 0.3) is 0 Å².